The highest BCUT2D eigenvalue weighted by atomic mass is 16.7. The Kier molecular flexibility index (Phi) is 5.01. The SMILES string of the molecule is COC(C)(C)OC1C(=O)N(C(=O)OC(C)(C)C)[C@H]1c1ccccc1. The van der Waals surface area contributed by atoms with E-state index in [1.165, 1.54) is 7.11 Å². The molecule has 1 aliphatic rings. The van der Waals surface area contributed by atoms with Gasteiger partial charge in [-0.05, 0) is 40.2 Å². The molecule has 6 heteroatoms. The Balaban J connectivity index is 2.28. The summed E-state index contributed by atoms with van der Waals surface area (Å²) in [6, 6.07) is 8.74. The molecule has 2 rings (SSSR count). The van der Waals surface area contributed by atoms with Gasteiger partial charge in [0.15, 0.2) is 11.9 Å². The molecule has 1 saturated heterocycles. The molecule has 0 radical (unpaired) electrons. The van der Waals surface area contributed by atoms with Gasteiger partial charge in [0.2, 0.25) is 0 Å². The van der Waals surface area contributed by atoms with E-state index < -0.39 is 35.5 Å². The number of benzene rings is 1. The molecule has 0 aliphatic carbocycles. The van der Waals surface area contributed by atoms with Crippen LogP contribution in [-0.4, -0.2) is 41.5 Å². The van der Waals surface area contributed by atoms with Crippen LogP contribution in [0.5, 0.6) is 0 Å². The number of ether oxygens (including phenoxy) is 3. The Morgan fingerprint density at radius 2 is 1.67 bits per heavy atom. The zero-order chi connectivity index (χ0) is 18.1. The topological polar surface area (TPSA) is 65.1 Å². The lowest BCUT2D eigenvalue weighted by Crippen LogP contribution is -2.64. The molecule has 0 N–H and O–H groups in total. The second-order valence-corrected chi connectivity index (χ2v) is 7.19. The lowest BCUT2D eigenvalue weighted by Gasteiger charge is -2.47. The number of likely N-dealkylation sites (tertiary alicyclic amines) is 1. The maximum atomic E-state index is 12.5. The Hall–Kier alpha value is -1.92. The zero-order valence-corrected chi connectivity index (χ0v) is 15.0. The van der Waals surface area contributed by atoms with Crippen molar-refractivity contribution < 1.29 is 23.8 Å². The number of carbonyl (C=O) groups is 2. The normalized spacial score (nSPS) is 21.4. The van der Waals surface area contributed by atoms with E-state index in [0.29, 0.717) is 0 Å². The van der Waals surface area contributed by atoms with E-state index in [-0.39, 0.29) is 0 Å². The predicted octanol–water partition coefficient (Wildman–Crippen LogP) is 3.27. The van der Waals surface area contributed by atoms with Gasteiger partial charge in [0.25, 0.3) is 5.91 Å². The van der Waals surface area contributed by atoms with E-state index in [4.69, 9.17) is 14.2 Å². The van der Waals surface area contributed by atoms with E-state index in [9.17, 15) is 9.59 Å². The Morgan fingerprint density at radius 1 is 1.08 bits per heavy atom. The van der Waals surface area contributed by atoms with E-state index >= 15 is 0 Å². The number of imide groups is 1. The molecule has 1 unspecified atom stereocenters. The second kappa shape index (κ2) is 6.53. The summed E-state index contributed by atoms with van der Waals surface area (Å²) in [7, 11) is 1.51. The van der Waals surface area contributed by atoms with Gasteiger partial charge >= 0.3 is 6.09 Å². The summed E-state index contributed by atoms with van der Waals surface area (Å²) in [6.45, 7) is 8.72. The molecule has 132 valence electrons. The van der Waals surface area contributed by atoms with Gasteiger partial charge in [0.1, 0.15) is 11.6 Å². The molecule has 1 aliphatic heterocycles. The maximum absolute atomic E-state index is 12.5. The van der Waals surface area contributed by atoms with Crippen molar-refractivity contribution in [2.75, 3.05) is 7.11 Å². The van der Waals surface area contributed by atoms with E-state index in [0.717, 1.165) is 10.5 Å². The van der Waals surface area contributed by atoms with Crippen LogP contribution in [0.1, 0.15) is 46.2 Å². The van der Waals surface area contributed by atoms with Crippen molar-refractivity contribution in [1.82, 2.24) is 4.90 Å². The van der Waals surface area contributed by atoms with Crippen LogP contribution in [0.4, 0.5) is 4.79 Å². The van der Waals surface area contributed by atoms with Gasteiger partial charge in [-0.1, -0.05) is 30.3 Å². The quantitative estimate of drug-likeness (QED) is 0.624. The average molecular weight is 335 g/mol. The molecule has 2 amide bonds. The minimum atomic E-state index is -0.937. The van der Waals surface area contributed by atoms with Crippen LogP contribution in [0.15, 0.2) is 30.3 Å². The van der Waals surface area contributed by atoms with Crippen molar-refractivity contribution in [1.29, 1.82) is 0 Å². The summed E-state index contributed by atoms with van der Waals surface area (Å²) in [5.74, 6) is -1.36. The highest BCUT2D eigenvalue weighted by Gasteiger charge is 2.55. The largest absolute Gasteiger partial charge is 0.443 e. The first-order valence-corrected chi connectivity index (χ1v) is 7.90. The van der Waals surface area contributed by atoms with Crippen LogP contribution in [0.3, 0.4) is 0 Å². The second-order valence-electron chi connectivity index (χ2n) is 7.19. The van der Waals surface area contributed by atoms with Gasteiger partial charge < -0.3 is 14.2 Å². The molecule has 1 fully saturated rings. The number of β-lactam (4-membered cyclic amide) rings is 1. The summed E-state index contributed by atoms with van der Waals surface area (Å²) >= 11 is 0. The van der Waals surface area contributed by atoms with Crippen molar-refractivity contribution in [3.63, 3.8) is 0 Å². The van der Waals surface area contributed by atoms with Crippen LogP contribution in [0, 0.1) is 0 Å². The lowest BCUT2D eigenvalue weighted by molar-refractivity contribution is -0.252. The predicted molar refractivity (Wildman–Crippen MR) is 88.2 cm³/mol. The smallest absolute Gasteiger partial charge is 0.417 e. The number of carbonyl (C=O) groups excluding carboxylic acids is 2. The number of methoxy groups -OCH3 is 1. The van der Waals surface area contributed by atoms with Crippen molar-refractivity contribution in [2.45, 2.75) is 58.2 Å². The van der Waals surface area contributed by atoms with Gasteiger partial charge in [-0.25, -0.2) is 9.69 Å². The number of hydrogen-bond acceptors (Lipinski definition) is 5. The number of rotatable bonds is 4. The summed E-state index contributed by atoms with van der Waals surface area (Å²) in [5.41, 5.74) is 0.121. The average Bonchev–Trinajstić information content (AvgIpc) is 2.49. The molecule has 0 bridgehead atoms. The lowest BCUT2D eigenvalue weighted by atomic mass is 9.91. The third-order valence-corrected chi connectivity index (χ3v) is 3.68. The zero-order valence-electron chi connectivity index (χ0n) is 15.0. The summed E-state index contributed by atoms with van der Waals surface area (Å²) < 4.78 is 16.4. The fraction of sp³-hybridized carbons (Fsp3) is 0.556. The first kappa shape index (κ1) is 18.4. The third kappa shape index (κ3) is 3.94. The highest BCUT2D eigenvalue weighted by molar-refractivity contribution is 6.01. The van der Waals surface area contributed by atoms with Crippen LogP contribution in [0.2, 0.25) is 0 Å². The van der Waals surface area contributed by atoms with Crippen molar-refractivity contribution >= 4 is 12.0 Å². The summed E-state index contributed by atoms with van der Waals surface area (Å²) in [6.07, 6.45) is -1.47. The highest BCUT2D eigenvalue weighted by Crippen LogP contribution is 2.40. The fourth-order valence-electron chi connectivity index (χ4n) is 2.42. The van der Waals surface area contributed by atoms with Gasteiger partial charge in [-0.2, -0.15) is 0 Å². The Labute approximate surface area is 142 Å². The Morgan fingerprint density at radius 3 is 2.17 bits per heavy atom. The fourth-order valence-corrected chi connectivity index (χ4v) is 2.42. The molecule has 1 aromatic carbocycles. The van der Waals surface area contributed by atoms with Crippen molar-refractivity contribution in [2.24, 2.45) is 0 Å². The van der Waals surface area contributed by atoms with E-state index in [1.807, 2.05) is 30.3 Å². The molecule has 2 atom stereocenters. The summed E-state index contributed by atoms with van der Waals surface area (Å²) in [5, 5.41) is 0. The van der Waals surface area contributed by atoms with Crippen LogP contribution < -0.4 is 0 Å². The third-order valence-electron chi connectivity index (χ3n) is 3.68. The minimum absolute atomic E-state index is 0.428. The van der Waals surface area contributed by atoms with Gasteiger partial charge in [-0.15, -0.1) is 0 Å². The van der Waals surface area contributed by atoms with Crippen LogP contribution >= 0.6 is 0 Å². The molecular formula is C18H25NO5. The van der Waals surface area contributed by atoms with E-state index in [1.54, 1.807) is 34.6 Å². The minimum Gasteiger partial charge on any atom is -0.443 e. The monoisotopic (exact) mass is 335 g/mol. The first-order valence-electron chi connectivity index (χ1n) is 7.90. The standard InChI is InChI=1S/C18H25NO5/c1-17(2,3)24-16(21)19-13(12-10-8-7-9-11-12)14(15(19)20)23-18(4,5)22-6/h7-11,13-14H,1-6H3/t13-,14?/m0/s1. The molecule has 6 nitrogen and oxygen atoms in total. The number of hydrogen-bond donors (Lipinski definition) is 0. The van der Waals surface area contributed by atoms with Gasteiger partial charge in [-0.3, -0.25) is 4.79 Å². The Bertz CT molecular complexity index is 606. The number of amides is 2. The summed E-state index contributed by atoms with van der Waals surface area (Å²) in [4.78, 5) is 26.0. The molecule has 24 heavy (non-hydrogen) atoms. The van der Waals surface area contributed by atoms with Crippen LogP contribution in [0.25, 0.3) is 0 Å². The van der Waals surface area contributed by atoms with Gasteiger partial charge in [0.05, 0.1) is 0 Å². The molecule has 0 aromatic heterocycles. The molecular weight excluding hydrogens is 310 g/mol. The van der Waals surface area contributed by atoms with Crippen molar-refractivity contribution in [3.05, 3.63) is 35.9 Å². The molecule has 0 saturated carbocycles. The van der Waals surface area contributed by atoms with Gasteiger partial charge in [0, 0.05) is 7.11 Å². The maximum Gasteiger partial charge on any atom is 0.417 e. The molecule has 1 aromatic rings. The van der Waals surface area contributed by atoms with Crippen LogP contribution in [-0.2, 0) is 19.0 Å². The molecule has 0 spiro atoms. The number of nitrogens with zero attached hydrogens (tertiary/aromatic N) is 1. The molecule has 1 heterocycles. The first-order chi connectivity index (χ1) is 11.1. The van der Waals surface area contributed by atoms with E-state index in [2.05, 4.69) is 0 Å². The van der Waals surface area contributed by atoms with Crippen molar-refractivity contribution in [3.8, 4) is 0 Å².